The lowest BCUT2D eigenvalue weighted by atomic mass is 10.1. The van der Waals surface area contributed by atoms with Crippen LogP contribution in [0.2, 0.25) is 0 Å². The number of ether oxygens (including phenoxy) is 1. The summed E-state index contributed by atoms with van der Waals surface area (Å²) >= 11 is 3.41. The summed E-state index contributed by atoms with van der Waals surface area (Å²) in [4.78, 5) is 0.291. The van der Waals surface area contributed by atoms with Crippen LogP contribution < -0.4 is 10.1 Å². The SMILES string of the molecule is CS(=O)(=O)c1ccc2c(c1)NCC(c1ccc(Br)cc1)O2. The zero-order chi connectivity index (χ0) is 15.0. The van der Waals surface area contributed by atoms with Gasteiger partial charge in [-0.25, -0.2) is 8.42 Å². The van der Waals surface area contributed by atoms with Crippen molar-refractivity contribution < 1.29 is 13.2 Å². The third-order valence-electron chi connectivity index (χ3n) is 3.37. The van der Waals surface area contributed by atoms with Gasteiger partial charge in [-0.05, 0) is 35.9 Å². The molecule has 1 aliphatic heterocycles. The van der Waals surface area contributed by atoms with E-state index in [1.165, 1.54) is 6.26 Å². The van der Waals surface area contributed by atoms with Crippen LogP contribution in [0.4, 0.5) is 5.69 Å². The first-order valence-electron chi connectivity index (χ1n) is 6.43. The molecule has 2 aromatic rings. The highest BCUT2D eigenvalue weighted by atomic mass is 79.9. The maximum atomic E-state index is 11.6. The first-order chi connectivity index (χ1) is 9.93. The van der Waals surface area contributed by atoms with Crippen LogP contribution in [0.5, 0.6) is 5.75 Å². The van der Waals surface area contributed by atoms with E-state index < -0.39 is 9.84 Å². The summed E-state index contributed by atoms with van der Waals surface area (Å²) in [6.07, 6.45) is 1.11. The van der Waals surface area contributed by atoms with E-state index >= 15 is 0 Å². The van der Waals surface area contributed by atoms with E-state index in [4.69, 9.17) is 4.74 Å². The zero-order valence-corrected chi connectivity index (χ0v) is 13.7. The molecule has 0 bridgehead atoms. The standard InChI is InChI=1S/C15H14BrNO3S/c1-21(18,19)12-6-7-14-13(8-12)17-9-15(20-14)10-2-4-11(16)5-3-10/h2-8,15,17H,9H2,1H3. The number of sulfone groups is 1. The summed E-state index contributed by atoms with van der Waals surface area (Å²) < 4.78 is 30.1. The number of rotatable bonds is 2. The summed E-state index contributed by atoms with van der Waals surface area (Å²) in [5.41, 5.74) is 1.79. The molecule has 0 aromatic heterocycles. The van der Waals surface area contributed by atoms with Gasteiger partial charge in [0.2, 0.25) is 0 Å². The summed E-state index contributed by atoms with van der Waals surface area (Å²) in [7, 11) is -3.21. The van der Waals surface area contributed by atoms with Crippen molar-refractivity contribution in [2.75, 3.05) is 18.1 Å². The molecule has 1 unspecified atom stereocenters. The average Bonchev–Trinajstić information content (AvgIpc) is 2.46. The molecule has 1 aliphatic rings. The van der Waals surface area contributed by atoms with Crippen molar-refractivity contribution in [3.05, 3.63) is 52.5 Å². The fourth-order valence-electron chi connectivity index (χ4n) is 2.24. The third kappa shape index (κ3) is 3.06. The van der Waals surface area contributed by atoms with Crippen LogP contribution >= 0.6 is 15.9 Å². The lowest BCUT2D eigenvalue weighted by Crippen LogP contribution is -2.23. The first-order valence-corrected chi connectivity index (χ1v) is 9.12. The van der Waals surface area contributed by atoms with Gasteiger partial charge in [0.1, 0.15) is 11.9 Å². The number of benzene rings is 2. The van der Waals surface area contributed by atoms with Gasteiger partial charge in [-0.1, -0.05) is 28.1 Å². The molecule has 4 nitrogen and oxygen atoms in total. The monoisotopic (exact) mass is 367 g/mol. The molecule has 0 amide bonds. The summed E-state index contributed by atoms with van der Waals surface area (Å²) in [6.45, 7) is 0.599. The molecular formula is C15H14BrNO3S. The highest BCUT2D eigenvalue weighted by molar-refractivity contribution is 9.10. The van der Waals surface area contributed by atoms with Crippen molar-refractivity contribution in [3.63, 3.8) is 0 Å². The Morgan fingerprint density at radius 3 is 2.57 bits per heavy atom. The van der Waals surface area contributed by atoms with E-state index in [2.05, 4.69) is 21.2 Å². The van der Waals surface area contributed by atoms with Gasteiger partial charge in [0.15, 0.2) is 9.84 Å². The van der Waals surface area contributed by atoms with Crippen LogP contribution in [-0.2, 0) is 9.84 Å². The Kier molecular flexibility index (Phi) is 3.67. The number of fused-ring (bicyclic) bond motifs is 1. The molecule has 1 N–H and O–H groups in total. The van der Waals surface area contributed by atoms with Crippen molar-refractivity contribution in [1.82, 2.24) is 0 Å². The van der Waals surface area contributed by atoms with E-state index in [1.807, 2.05) is 24.3 Å². The van der Waals surface area contributed by atoms with Crippen LogP contribution in [0.1, 0.15) is 11.7 Å². The van der Waals surface area contributed by atoms with E-state index in [1.54, 1.807) is 18.2 Å². The van der Waals surface area contributed by atoms with Gasteiger partial charge in [-0.2, -0.15) is 0 Å². The average molecular weight is 368 g/mol. The third-order valence-corrected chi connectivity index (χ3v) is 5.01. The smallest absolute Gasteiger partial charge is 0.175 e. The maximum Gasteiger partial charge on any atom is 0.175 e. The molecule has 1 atom stereocenters. The Balaban J connectivity index is 1.88. The van der Waals surface area contributed by atoms with E-state index in [9.17, 15) is 8.42 Å². The van der Waals surface area contributed by atoms with Gasteiger partial charge >= 0.3 is 0 Å². The second-order valence-electron chi connectivity index (χ2n) is 4.97. The van der Waals surface area contributed by atoms with Crippen LogP contribution in [-0.4, -0.2) is 21.2 Å². The number of anilines is 1. The second-order valence-corrected chi connectivity index (χ2v) is 7.90. The Morgan fingerprint density at radius 2 is 1.90 bits per heavy atom. The van der Waals surface area contributed by atoms with Crippen molar-refractivity contribution in [3.8, 4) is 5.75 Å². The van der Waals surface area contributed by atoms with Gasteiger partial charge in [-0.3, -0.25) is 0 Å². The van der Waals surface area contributed by atoms with Crippen molar-refractivity contribution in [1.29, 1.82) is 0 Å². The van der Waals surface area contributed by atoms with Crippen molar-refractivity contribution in [2.24, 2.45) is 0 Å². The minimum absolute atomic E-state index is 0.0883. The Hall–Kier alpha value is -1.53. The molecule has 3 rings (SSSR count). The van der Waals surface area contributed by atoms with Crippen molar-refractivity contribution >= 4 is 31.5 Å². The van der Waals surface area contributed by atoms with Crippen LogP contribution in [0.25, 0.3) is 0 Å². The fourth-order valence-corrected chi connectivity index (χ4v) is 3.15. The lowest BCUT2D eigenvalue weighted by molar-refractivity contribution is 0.210. The second kappa shape index (κ2) is 5.35. The molecule has 110 valence electrons. The maximum absolute atomic E-state index is 11.6. The molecule has 0 saturated heterocycles. The van der Waals surface area contributed by atoms with Crippen LogP contribution in [0, 0.1) is 0 Å². The minimum Gasteiger partial charge on any atom is -0.482 e. The predicted octanol–water partition coefficient (Wildman–Crippen LogP) is 3.40. The Bertz CT molecular complexity index is 772. The quantitative estimate of drug-likeness (QED) is 0.883. The Labute approximate surface area is 132 Å². The molecule has 21 heavy (non-hydrogen) atoms. The molecule has 0 spiro atoms. The largest absolute Gasteiger partial charge is 0.482 e. The normalized spacial score (nSPS) is 17.5. The fraction of sp³-hybridized carbons (Fsp3) is 0.200. The van der Waals surface area contributed by atoms with Crippen LogP contribution in [0.15, 0.2) is 51.8 Å². The number of hydrogen-bond acceptors (Lipinski definition) is 4. The highest BCUT2D eigenvalue weighted by Crippen LogP contribution is 2.35. The number of nitrogens with one attached hydrogen (secondary N) is 1. The molecular weight excluding hydrogens is 354 g/mol. The predicted molar refractivity (Wildman–Crippen MR) is 85.6 cm³/mol. The van der Waals surface area contributed by atoms with Crippen molar-refractivity contribution in [2.45, 2.75) is 11.0 Å². The van der Waals surface area contributed by atoms with Gasteiger partial charge in [-0.15, -0.1) is 0 Å². The van der Waals surface area contributed by atoms with Gasteiger partial charge < -0.3 is 10.1 Å². The molecule has 6 heteroatoms. The summed E-state index contributed by atoms with van der Waals surface area (Å²) in [6, 6.07) is 12.8. The highest BCUT2D eigenvalue weighted by Gasteiger charge is 2.22. The first kappa shape index (κ1) is 14.4. The molecule has 0 aliphatic carbocycles. The van der Waals surface area contributed by atoms with Crippen LogP contribution in [0.3, 0.4) is 0 Å². The van der Waals surface area contributed by atoms with E-state index in [0.717, 1.165) is 10.0 Å². The van der Waals surface area contributed by atoms with E-state index in [0.29, 0.717) is 22.9 Å². The number of halogens is 1. The zero-order valence-electron chi connectivity index (χ0n) is 11.3. The van der Waals surface area contributed by atoms with Gasteiger partial charge in [0.05, 0.1) is 17.1 Å². The summed E-state index contributed by atoms with van der Waals surface area (Å²) in [5.74, 6) is 0.668. The van der Waals surface area contributed by atoms with Gasteiger partial charge in [0.25, 0.3) is 0 Å². The van der Waals surface area contributed by atoms with E-state index in [-0.39, 0.29) is 6.10 Å². The number of hydrogen-bond donors (Lipinski definition) is 1. The topological polar surface area (TPSA) is 55.4 Å². The molecule has 1 heterocycles. The minimum atomic E-state index is -3.21. The summed E-state index contributed by atoms with van der Waals surface area (Å²) in [5, 5.41) is 3.24. The lowest BCUT2D eigenvalue weighted by Gasteiger charge is -2.28. The Morgan fingerprint density at radius 1 is 1.19 bits per heavy atom. The molecule has 0 fully saturated rings. The van der Waals surface area contributed by atoms with Gasteiger partial charge in [0, 0.05) is 10.7 Å². The molecule has 0 radical (unpaired) electrons. The molecule has 0 saturated carbocycles. The molecule has 2 aromatic carbocycles.